The van der Waals surface area contributed by atoms with Gasteiger partial charge in [0, 0.05) is 38.0 Å². The smallest absolute Gasteiger partial charge is 0.264 e. The first-order chi connectivity index (χ1) is 14.4. The second-order valence-electron chi connectivity index (χ2n) is 7.98. The molecular formula is C21H26N2O6S. The third kappa shape index (κ3) is 5.01. The predicted molar refractivity (Wildman–Crippen MR) is 111 cm³/mol. The molecule has 0 bridgehead atoms. The number of methoxy groups -OCH3 is 1. The van der Waals surface area contributed by atoms with E-state index < -0.39 is 27.5 Å². The fourth-order valence-corrected chi connectivity index (χ4v) is 4.25. The van der Waals surface area contributed by atoms with Crippen LogP contribution in [0.3, 0.4) is 0 Å². The standard InChI is InChI=1S/C21H26N2O6S/c1-21(30(26)27,20(24)22-25)12-18-11-19(23-29-18)17-7-5-14(6-8-17)3-4-15-9-16(10-15)13-28-2/h5-8,15-16,18,25,30H,9-13H2,1-2H3,(H,22,24)/t15?,16?,18-,21-/m1/s1. The number of benzene rings is 1. The number of hydrogen-bond donors (Lipinski definition) is 3. The van der Waals surface area contributed by atoms with Crippen molar-refractivity contribution in [2.75, 3.05) is 13.7 Å². The lowest BCUT2D eigenvalue weighted by Crippen LogP contribution is -2.46. The molecule has 0 saturated heterocycles. The third-order valence-corrected chi connectivity index (χ3v) is 6.82. The Bertz CT molecular complexity index is 932. The van der Waals surface area contributed by atoms with Crippen LogP contribution < -0.4 is 5.48 Å². The Morgan fingerprint density at radius 2 is 2.07 bits per heavy atom. The van der Waals surface area contributed by atoms with E-state index in [-0.39, 0.29) is 6.42 Å². The Labute approximate surface area is 177 Å². The van der Waals surface area contributed by atoms with E-state index in [2.05, 4.69) is 17.0 Å². The summed E-state index contributed by atoms with van der Waals surface area (Å²) in [6.45, 7) is 2.05. The normalized spacial score (nSPS) is 24.7. The second kappa shape index (κ2) is 9.60. The van der Waals surface area contributed by atoms with Crippen molar-refractivity contribution in [2.24, 2.45) is 17.0 Å². The van der Waals surface area contributed by atoms with E-state index in [0.29, 0.717) is 24.0 Å². The van der Waals surface area contributed by atoms with Crippen molar-refractivity contribution in [3.05, 3.63) is 35.4 Å². The fourth-order valence-electron chi connectivity index (χ4n) is 3.68. The molecule has 0 radical (unpaired) electrons. The van der Waals surface area contributed by atoms with Crippen molar-refractivity contribution >= 4 is 22.3 Å². The van der Waals surface area contributed by atoms with Crippen LogP contribution >= 0.6 is 0 Å². The first-order valence-electron chi connectivity index (χ1n) is 9.78. The Hall–Kier alpha value is -2.41. The first kappa shape index (κ1) is 22.3. The summed E-state index contributed by atoms with van der Waals surface area (Å²) in [6, 6.07) is 7.64. The lowest BCUT2D eigenvalue weighted by atomic mass is 9.76. The van der Waals surface area contributed by atoms with Gasteiger partial charge >= 0.3 is 0 Å². The minimum atomic E-state index is -3.12. The van der Waals surface area contributed by atoms with Crippen molar-refractivity contribution in [1.29, 1.82) is 0 Å². The first-order valence-corrected chi connectivity index (χ1v) is 11.0. The van der Waals surface area contributed by atoms with Gasteiger partial charge in [0.1, 0.15) is 6.10 Å². The second-order valence-corrected chi connectivity index (χ2v) is 9.48. The minimum Gasteiger partial charge on any atom is -0.392 e. The molecule has 0 unspecified atom stereocenters. The summed E-state index contributed by atoms with van der Waals surface area (Å²) < 4.78 is 26.5. The van der Waals surface area contributed by atoms with Crippen LogP contribution in [0.5, 0.6) is 0 Å². The van der Waals surface area contributed by atoms with Gasteiger partial charge in [0.2, 0.25) is 0 Å². The van der Waals surface area contributed by atoms with E-state index in [1.165, 1.54) is 12.4 Å². The lowest BCUT2D eigenvalue weighted by molar-refractivity contribution is -0.132. The zero-order valence-electron chi connectivity index (χ0n) is 17.0. The molecule has 1 aliphatic carbocycles. The summed E-state index contributed by atoms with van der Waals surface area (Å²) in [5.41, 5.74) is 3.86. The van der Waals surface area contributed by atoms with Crippen molar-refractivity contribution in [1.82, 2.24) is 5.48 Å². The van der Waals surface area contributed by atoms with E-state index in [0.717, 1.165) is 30.6 Å². The molecule has 9 heteroatoms. The highest BCUT2D eigenvalue weighted by atomic mass is 32.2. The molecule has 1 fully saturated rings. The zero-order valence-corrected chi connectivity index (χ0v) is 17.9. The third-order valence-electron chi connectivity index (χ3n) is 5.63. The predicted octanol–water partition coefficient (Wildman–Crippen LogP) is 1.47. The molecular weight excluding hydrogens is 408 g/mol. The minimum absolute atomic E-state index is 0.111. The highest BCUT2D eigenvalue weighted by molar-refractivity contribution is 7.75. The van der Waals surface area contributed by atoms with Crippen molar-refractivity contribution < 1.29 is 28.0 Å². The molecule has 1 saturated carbocycles. The van der Waals surface area contributed by atoms with Gasteiger partial charge < -0.3 is 9.57 Å². The Morgan fingerprint density at radius 1 is 1.37 bits per heavy atom. The number of amides is 1. The Kier molecular flexibility index (Phi) is 7.13. The van der Waals surface area contributed by atoms with E-state index in [1.54, 1.807) is 7.11 Å². The molecule has 162 valence electrons. The molecule has 8 nitrogen and oxygen atoms in total. The van der Waals surface area contributed by atoms with E-state index in [9.17, 15) is 13.2 Å². The highest BCUT2D eigenvalue weighted by Gasteiger charge is 2.42. The van der Waals surface area contributed by atoms with Gasteiger partial charge in [-0.25, -0.2) is 13.9 Å². The molecule has 2 aliphatic rings. The molecule has 1 heterocycles. The molecule has 1 aliphatic heterocycles. The number of thiol groups is 1. The maximum atomic E-state index is 11.8. The summed E-state index contributed by atoms with van der Waals surface area (Å²) >= 11 is 0. The summed E-state index contributed by atoms with van der Waals surface area (Å²) in [5.74, 6) is 6.56. The van der Waals surface area contributed by atoms with Crippen molar-refractivity contribution in [3.63, 3.8) is 0 Å². The van der Waals surface area contributed by atoms with Crippen molar-refractivity contribution in [2.45, 2.75) is 43.5 Å². The fraction of sp³-hybridized carbons (Fsp3) is 0.524. The quantitative estimate of drug-likeness (QED) is 0.259. The molecule has 2 atom stereocenters. The summed E-state index contributed by atoms with van der Waals surface area (Å²) in [7, 11) is -1.40. The lowest BCUT2D eigenvalue weighted by Gasteiger charge is -2.30. The van der Waals surface area contributed by atoms with Gasteiger partial charge in [-0.1, -0.05) is 29.1 Å². The molecule has 1 aromatic carbocycles. The van der Waals surface area contributed by atoms with Crippen LogP contribution in [-0.4, -0.2) is 49.8 Å². The molecule has 2 N–H and O–H groups in total. The van der Waals surface area contributed by atoms with Gasteiger partial charge in [-0.05, 0) is 43.4 Å². The summed E-state index contributed by atoms with van der Waals surface area (Å²) in [6.07, 6.45) is 1.84. The SMILES string of the molecule is COCC1CC(C#Cc2ccc(C3=NO[C@@H](C[C@](C)(C(=O)NO)[SH](=O)=O)C3)cc2)C1. The average molecular weight is 435 g/mol. The number of nitrogens with zero attached hydrogens (tertiary/aromatic N) is 1. The molecule has 0 spiro atoms. The number of carbonyl (C=O) groups is 1. The molecule has 0 aromatic heterocycles. The summed E-state index contributed by atoms with van der Waals surface area (Å²) in [4.78, 5) is 17.1. The van der Waals surface area contributed by atoms with Gasteiger partial charge in [-0.2, -0.15) is 0 Å². The monoisotopic (exact) mass is 434 g/mol. The van der Waals surface area contributed by atoms with Crippen LogP contribution in [-0.2, 0) is 25.1 Å². The van der Waals surface area contributed by atoms with Crippen molar-refractivity contribution in [3.8, 4) is 11.8 Å². The number of ether oxygens (including phenoxy) is 1. The van der Waals surface area contributed by atoms with Crippen LogP contribution in [0.1, 0.15) is 43.7 Å². The van der Waals surface area contributed by atoms with E-state index in [1.807, 2.05) is 24.3 Å². The number of carbonyl (C=O) groups excluding carboxylic acids is 1. The largest absolute Gasteiger partial charge is 0.392 e. The van der Waals surface area contributed by atoms with Crippen LogP contribution in [0.4, 0.5) is 0 Å². The van der Waals surface area contributed by atoms with Crippen LogP contribution in [0, 0.1) is 23.7 Å². The zero-order chi connectivity index (χ0) is 21.7. The van der Waals surface area contributed by atoms with Gasteiger partial charge in [0.25, 0.3) is 5.91 Å². The van der Waals surface area contributed by atoms with Gasteiger partial charge in [0.15, 0.2) is 15.5 Å². The highest BCUT2D eigenvalue weighted by Crippen LogP contribution is 2.33. The average Bonchev–Trinajstić information content (AvgIpc) is 3.17. The van der Waals surface area contributed by atoms with E-state index in [4.69, 9.17) is 14.8 Å². The van der Waals surface area contributed by atoms with Gasteiger partial charge in [0.05, 0.1) is 5.71 Å². The molecule has 3 rings (SSSR count). The number of nitrogens with one attached hydrogen (secondary N) is 1. The number of hydrogen-bond acceptors (Lipinski definition) is 7. The maximum absolute atomic E-state index is 11.8. The van der Waals surface area contributed by atoms with Crippen LogP contribution in [0.2, 0.25) is 0 Å². The van der Waals surface area contributed by atoms with E-state index >= 15 is 0 Å². The van der Waals surface area contributed by atoms with Crippen LogP contribution in [0.25, 0.3) is 0 Å². The van der Waals surface area contributed by atoms with Gasteiger partial charge in [-0.3, -0.25) is 10.0 Å². The van der Waals surface area contributed by atoms with Crippen LogP contribution in [0.15, 0.2) is 29.4 Å². The summed E-state index contributed by atoms with van der Waals surface area (Å²) in [5, 5.41) is 12.9. The Balaban J connectivity index is 1.56. The topological polar surface area (TPSA) is 114 Å². The molecule has 1 amide bonds. The molecule has 1 aromatic rings. The Morgan fingerprint density at radius 3 is 2.67 bits per heavy atom. The maximum Gasteiger partial charge on any atom is 0.264 e. The van der Waals surface area contributed by atoms with Gasteiger partial charge in [-0.15, -0.1) is 0 Å². The molecule has 30 heavy (non-hydrogen) atoms. The number of rotatable bonds is 7. The number of oxime groups is 1. The number of hydroxylamine groups is 1.